The highest BCUT2D eigenvalue weighted by Gasteiger charge is 2.04. The summed E-state index contributed by atoms with van der Waals surface area (Å²) in [5.74, 6) is 1.18. The van der Waals surface area contributed by atoms with E-state index in [4.69, 9.17) is 5.73 Å². The lowest BCUT2D eigenvalue weighted by molar-refractivity contribution is 0.674. The maximum Gasteiger partial charge on any atom is 0.0571 e. The number of hydrogen-bond acceptors (Lipinski definition) is 3. The van der Waals surface area contributed by atoms with E-state index >= 15 is 0 Å². The first kappa shape index (κ1) is 12.5. The van der Waals surface area contributed by atoms with E-state index < -0.39 is 0 Å². The second-order valence-corrected chi connectivity index (χ2v) is 4.80. The van der Waals surface area contributed by atoms with Crippen LogP contribution in [0, 0.1) is 0 Å². The van der Waals surface area contributed by atoms with E-state index in [2.05, 4.69) is 24.9 Å². The molecule has 0 amide bonds. The van der Waals surface area contributed by atoms with Gasteiger partial charge >= 0.3 is 0 Å². The van der Waals surface area contributed by atoms with Gasteiger partial charge in [-0.05, 0) is 30.7 Å². The average Bonchev–Trinajstić information content (AvgIpc) is 2.29. The molecule has 2 nitrogen and oxygen atoms in total. The fraction of sp³-hybridized carbons (Fsp3) is 0.583. The Morgan fingerprint density at radius 3 is 2.73 bits per heavy atom. The van der Waals surface area contributed by atoms with Crippen LogP contribution < -0.4 is 5.73 Å². The van der Waals surface area contributed by atoms with Gasteiger partial charge in [-0.2, -0.15) is 0 Å². The lowest BCUT2D eigenvalue weighted by Gasteiger charge is -2.08. The minimum Gasteiger partial charge on any atom is -0.323 e. The van der Waals surface area contributed by atoms with Gasteiger partial charge in [0, 0.05) is 17.1 Å². The topological polar surface area (TPSA) is 38.9 Å². The smallest absolute Gasteiger partial charge is 0.0571 e. The molecule has 0 bridgehead atoms. The van der Waals surface area contributed by atoms with Crippen LogP contribution >= 0.6 is 11.8 Å². The first-order chi connectivity index (χ1) is 7.27. The number of thioether (sulfide) groups is 1. The van der Waals surface area contributed by atoms with Crippen molar-refractivity contribution in [3.05, 3.63) is 24.0 Å². The fourth-order valence-electron chi connectivity index (χ4n) is 1.24. The summed E-state index contributed by atoms with van der Waals surface area (Å²) in [5.41, 5.74) is 6.89. The number of nitrogens with two attached hydrogens (primary N) is 1. The molecule has 1 atom stereocenters. The molecule has 1 rings (SSSR count). The molecule has 1 unspecified atom stereocenters. The largest absolute Gasteiger partial charge is 0.323 e. The monoisotopic (exact) mass is 224 g/mol. The molecule has 0 fully saturated rings. The summed E-state index contributed by atoms with van der Waals surface area (Å²) in [6.45, 7) is 4.29. The Bertz CT molecular complexity index is 271. The van der Waals surface area contributed by atoms with Crippen LogP contribution in [-0.4, -0.2) is 10.7 Å². The van der Waals surface area contributed by atoms with Gasteiger partial charge in [-0.1, -0.05) is 20.3 Å². The predicted octanol–water partition coefficient (Wildman–Crippen LogP) is 3.38. The van der Waals surface area contributed by atoms with Crippen LogP contribution in [0.1, 0.15) is 44.8 Å². The Labute approximate surface area is 96.7 Å². The molecule has 0 aliphatic rings. The maximum atomic E-state index is 5.90. The summed E-state index contributed by atoms with van der Waals surface area (Å²) < 4.78 is 0. The fourth-order valence-corrected chi connectivity index (χ4v) is 2.20. The van der Waals surface area contributed by atoms with E-state index in [1.807, 2.05) is 24.0 Å². The molecule has 1 heterocycles. The van der Waals surface area contributed by atoms with E-state index in [1.165, 1.54) is 23.5 Å². The summed E-state index contributed by atoms with van der Waals surface area (Å²) in [5, 5.41) is 0. The molecule has 0 saturated heterocycles. The summed E-state index contributed by atoms with van der Waals surface area (Å²) >= 11 is 1.87. The van der Waals surface area contributed by atoms with E-state index in [9.17, 15) is 0 Å². The van der Waals surface area contributed by atoms with Gasteiger partial charge in [0.05, 0.1) is 5.69 Å². The Hall–Kier alpha value is -0.540. The number of pyridine rings is 1. The highest BCUT2D eigenvalue weighted by molar-refractivity contribution is 7.99. The SMILES string of the molecule is CCCCSc1ccc(C(N)CC)nc1. The number of nitrogens with zero attached hydrogens (tertiary/aromatic N) is 1. The Balaban J connectivity index is 2.49. The van der Waals surface area contributed by atoms with Gasteiger partial charge in [-0.25, -0.2) is 0 Å². The molecule has 15 heavy (non-hydrogen) atoms. The maximum absolute atomic E-state index is 5.90. The first-order valence-corrected chi connectivity index (χ1v) is 6.60. The Kier molecular flexibility index (Phi) is 5.73. The molecule has 2 N–H and O–H groups in total. The van der Waals surface area contributed by atoms with Gasteiger partial charge in [0.25, 0.3) is 0 Å². The second-order valence-electron chi connectivity index (χ2n) is 3.64. The zero-order valence-electron chi connectivity index (χ0n) is 9.57. The normalized spacial score (nSPS) is 12.7. The number of hydrogen-bond donors (Lipinski definition) is 1. The molecule has 0 spiro atoms. The van der Waals surface area contributed by atoms with E-state index in [-0.39, 0.29) is 6.04 Å². The highest BCUT2D eigenvalue weighted by atomic mass is 32.2. The molecule has 84 valence electrons. The molecular formula is C12H20N2S. The third-order valence-electron chi connectivity index (χ3n) is 2.35. The van der Waals surface area contributed by atoms with Gasteiger partial charge in [-0.3, -0.25) is 4.98 Å². The molecule has 0 radical (unpaired) electrons. The minimum absolute atomic E-state index is 0.0830. The van der Waals surface area contributed by atoms with Crippen LogP contribution in [0.25, 0.3) is 0 Å². The summed E-state index contributed by atoms with van der Waals surface area (Å²) in [4.78, 5) is 5.63. The highest BCUT2D eigenvalue weighted by Crippen LogP contribution is 2.20. The zero-order chi connectivity index (χ0) is 11.1. The van der Waals surface area contributed by atoms with Crippen molar-refractivity contribution in [1.29, 1.82) is 0 Å². The first-order valence-electron chi connectivity index (χ1n) is 5.62. The molecule has 1 aromatic rings. The van der Waals surface area contributed by atoms with Crippen molar-refractivity contribution in [2.75, 3.05) is 5.75 Å². The second kappa shape index (κ2) is 6.85. The molecule has 0 aromatic carbocycles. The van der Waals surface area contributed by atoms with Gasteiger partial charge in [0.2, 0.25) is 0 Å². The summed E-state index contributed by atoms with van der Waals surface area (Å²) in [6.07, 6.45) is 5.39. The van der Waals surface area contributed by atoms with Crippen LogP contribution in [0.2, 0.25) is 0 Å². The number of rotatable bonds is 6. The van der Waals surface area contributed by atoms with Gasteiger partial charge in [-0.15, -0.1) is 11.8 Å². The quantitative estimate of drug-likeness (QED) is 0.594. The molecule has 1 aromatic heterocycles. The number of unbranched alkanes of at least 4 members (excludes halogenated alkanes) is 1. The van der Waals surface area contributed by atoms with Crippen LogP contribution in [0.4, 0.5) is 0 Å². The van der Waals surface area contributed by atoms with Crippen molar-refractivity contribution in [1.82, 2.24) is 4.98 Å². The lowest BCUT2D eigenvalue weighted by Crippen LogP contribution is -2.10. The number of aromatic nitrogens is 1. The summed E-state index contributed by atoms with van der Waals surface area (Å²) in [7, 11) is 0. The van der Waals surface area contributed by atoms with Crippen molar-refractivity contribution in [3.63, 3.8) is 0 Å². The van der Waals surface area contributed by atoms with Crippen molar-refractivity contribution >= 4 is 11.8 Å². The van der Waals surface area contributed by atoms with E-state index in [0.717, 1.165) is 12.1 Å². The van der Waals surface area contributed by atoms with Crippen LogP contribution in [-0.2, 0) is 0 Å². The molecular weight excluding hydrogens is 204 g/mol. The molecule has 0 aliphatic heterocycles. The summed E-state index contributed by atoms with van der Waals surface area (Å²) in [6, 6.07) is 4.25. The molecule has 3 heteroatoms. The van der Waals surface area contributed by atoms with Gasteiger partial charge in [0.1, 0.15) is 0 Å². The molecule has 0 aliphatic carbocycles. The van der Waals surface area contributed by atoms with Crippen LogP contribution in [0.3, 0.4) is 0 Å². The van der Waals surface area contributed by atoms with Gasteiger partial charge < -0.3 is 5.73 Å². The third-order valence-corrected chi connectivity index (χ3v) is 3.41. The third kappa shape index (κ3) is 4.22. The zero-order valence-corrected chi connectivity index (χ0v) is 10.4. The average molecular weight is 224 g/mol. The van der Waals surface area contributed by atoms with E-state index in [0.29, 0.717) is 0 Å². The van der Waals surface area contributed by atoms with Crippen LogP contribution in [0.5, 0.6) is 0 Å². The van der Waals surface area contributed by atoms with E-state index in [1.54, 1.807) is 0 Å². The standard InChI is InChI=1S/C12H20N2S/c1-3-5-8-15-10-6-7-12(14-9-10)11(13)4-2/h6-7,9,11H,3-5,8,13H2,1-2H3. The Morgan fingerprint density at radius 1 is 1.40 bits per heavy atom. The Morgan fingerprint density at radius 2 is 2.20 bits per heavy atom. The van der Waals surface area contributed by atoms with Crippen molar-refractivity contribution < 1.29 is 0 Å². The van der Waals surface area contributed by atoms with Crippen molar-refractivity contribution in [2.45, 2.75) is 44.0 Å². The lowest BCUT2D eigenvalue weighted by atomic mass is 10.1. The van der Waals surface area contributed by atoms with Gasteiger partial charge in [0.15, 0.2) is 0 Å². The minimum atomic E-state index is 0.0830. The van der Waals surface area contributed by atoms with Crippen molar-refractivity contribution in [3.8, 4) is 0 Å². The molecule has 0 saturated carbocycles. The van der Waals surface area contributed by atoms with Crippen molar-refractivity contribution in [2.24, 2.45) is 5.73 Å². The van der Waals surface area contributed by atoms with Crippen LogP contribution in [0.15, 0.2) is 23.2 Å². The predicted molar refractivity (Wildman–Crippen MR) is 67.1 cm³/mol.